The molecule has 8 nitrogen and oxygen atoms in total. The fourth-order valence-corrected chi connectivity index (χ4v) is 4.14. The van der Waals surface area contributed by atoms with Gasteiger partial charge < -0.3 is 5.32 Å². The molecule has 0 aliphatic carbocycles. The van der Waals surface area contributed by atoms with Crippen LogP contribution in [0.4, 0.5) is 9.18 Å². The number of nitrogens with one attached hydrogen (secondary N) is 3. The third kappa shape index (κ3) is 6.76. The predicted octanol–water partition coefficient (Wildman–Crippen LogP) is 2.19. The maximum atomic E-state index is 13.2. The molecule has 0 spiro atoms. The number of urea groups is 1. The van der Waals surface area contributed by atoms with Gasteiger partial charge in [-0.2, -0.15) is 0 Å². The molecule has 3 amide bonds. The molecule has 0 aromatic heterocycles. The number of amides is 3. The largest absolute Gasteiger partial charge is 0.352 e. The first-order valence-electron chi connectivity index (χ1n) is 10.0. The van der Waals surface area contributed by atoms with Crippen LogP contribution in [-0.4, -0.2) is 45.0 Å². The van der Waals surface area contributed by atoms with Gasteiger partial charge in [-0.15, -0.1) is 0 Å². The average molecular weight is 449 g/mol. The molecule has 0 bridgehead atoms. The van der Waals surface area contributed by atoms with Gasteiger partial charge in [-0.25, -0.2) is 27.3 Å². The minimum absolute atomic E-state index is 0.0335. The molecule has 31 heavy (non-hydrogen) atoms. The normalized spacial score (nSPS) is 14.6. The van der Waals surface area contributed by atoms with E-state index in [1.165, 1.54) is 30.3 Å². The highest BCUT2D eigenvalue weighted by Gasteiger charge is 2.20. The maximum absolute atomic E-state index is 13.2. The van der Waals surface area contributed by atoms with Crippen LogP contribution in [0.15, 0.2) is 53.4 Å². The monoisotopic (exact) mass is 448 g/mol. The van der Waals surface area contributed by atoms with Crippen molar-refractivity contribution < 1.29 is 22.4 Å². The molecule has 1 fully saturated rings. The molecule has 0 atom stereocenters. The number of hydrogen-bond acceptors (Lipinski definition) is 5. The van der Waals surface area contributed by atoms with Crippen LogP contribution in [0, 0.1) is 5.82 Å². The molecule has 2 aromatic carbocycles. The lowest BCUT2D eigenvalue weighted by molar-refractivity contribution is 0.0953. The van der Waals surface area contributed by atoms with Crippen LogP contribution in [0.25, 0.3) is 0 Å². The predicted molar refractivity (Wildman–Crippen MR) is 113 cm³/mol. The zero-order chi connectivity index (χ0) is 22.3. The van der Waals surface area contributed by atoms with Gasteiger partial charge in [0, 0.05) is 25.2 Å². The third-order valence-electron chi connectivity index (χ3n) is 4.86. The van der Waals surface area contributed by atoms with E-state index < -0.39 is 21.9 Å². The first kappa shape index (κ1) is 22.7. The molecule has 3 N–H and O–H groups in total. The highest BCUT2D eigenvalue weighted by Crippen LogP contribution is 2.12. The number of carbonyl (C=O) groups is 2. The van der Waals surface area contributed by atoms with Crippen LogP contribution in [0.3, 0.4) is 0 Å². The number of piperidine rings is 1. The summed E-state index contributed by atoms with van der Waals surface area (Å²) in [5.41, 5.74) is 3.59. The number of carbonyl (C=O) groups excluding carboxylic acids is 2. The van der Waals surface area contributed by atoms with Crippen LogP contribution in [0.1, 0.15) is 35.2 Å². The Morgan fingerprint density at radius 3 is 2.39 bits per heavy atom. The lowest BCUT2D eigenvalue weighted by atomic mass is 10.1. The summed E-state index contributed by atoms with van der Waals surface area (Å²) >= 11 is 0. The Bertz CT molecular complexity index is 1020. The van der Waals surface area contributed by atoms with Gasteiger partial charge in [-0.1, -0.05) is 24.6 Å². The summed E-state index contributed by atoms with van der Waals surface area (Å²) < 4.78 is 40.0. The summed E-state index contributed by atoms with van der Waals surface area (Å²) in [6, 6.07) is 10.7. The molecule has 1 aliphatic heterocycles. The van der Waals surface area contributed by atoms with E-state index in [0.717, 1.165) is 30.9 Å². The van der Waals surface area contributed by atoms with Crippen molar-refractivity contribution in [2.24, 2.45) is 0 Å². The Morgan fingerprint density at radius 2 is 1.71 bits per heavy atom. The molecule has 166 valence electrons. The molecule has 1 heterocycles. The van der Waals surface area contributed by atoms with Gasteiger partial charge in [0.1, 0.15) is 5.82 Å². The van der Waals surface area contributed by atoms with Gasteiger partial charge in [0.05, 0.1) is 4.90 Å². The molecule has 2 aromatic rings. The van der Waals surface area contributed by atoms with Gasteiger partial charge >= 0.3 is 6.03 Å². The molecular formula is C21H25FN4O4S. The number of nitrogens with zero attached hydrogens (tertiary/aromatic N) is 1. The molecule has 1 aliphatic rings. The van der Waals surface area contributed by atoms with Crippen molar-refractivity contribution in [3.05, 3.63) is 65.5 Å². The quantitative estimate of drug-likeness (QED) is 0.602. The van der Waals surface area contributed by atoms with Gasteiger partial charge in [0.15, 0.2) is 0 Å². The fourth-order valence-electron chi connectivity index (χ4n) is 3.24. The zero-order valence-corrected chi connectivity index (χ0v) is 17.8. The Balaban J connectivity index is 1.49. The summed E-state index contributed by atoms with van der Waals surface area (Å²) in [6.45, 7) is 1.69. The van der Waals surface area contributed by atoms with E-state index in [0.29, 0.717) is 26.1 Å². The van der Waals surface area contributed by atoms with Gasteiger partial charge in [0.25, 0.3) is 15.9 Å². The number of sulfonamides is 1. The number of rotatable bonds is 7. The topological polar surface area (TPSA) is 108 Å². The van der Waals surface area contributed by atoms with Gasteiger partial charge in [-0.05, 0) is 55.2 Å². The second-order valence-corrected chi connectivity index (χ2v) is 8.94. The Labute approximate surface area is 180 Å². The van der Waals surface area contributed by atoms with Gasteiger partial charge in [0.2, 0.25) is 0 Å². The molecular weight excluding hydrogens is 423 g/mol. The third-order valence-corrected chi connectivity index (χ3v) is 6.21. The number of hydrogen-bond donors (Lipinski definition) is 3. The second-order valence-electron chi connectivity index (χ2n) is 7.25. The van der Waals surface area contributed by atoms with Crippen molar-refractivity contribution in [3.8, 4) is 0 Å². The number of halogens is 1. The summed E-state index contributed by atoms with van der Waals surface area (Å²) in [5.74, 6) is -0.870. The Hall–Kier alpha value is -2.98. The lowest BCUT2D eigenvalue weighted by Gasteiger charge is -2.26. The van der Waals surface area contributed by atoms with Crippen molar-refractivity contribution in [1.29, 1.82) is 0 Å². The SMILES string of the molecule is O=C(NN1CCCCC1)NS(=O)(=O)c1ccc(CCNC(=O)c2cccc(F)c2)cc1. The van der Waals surface area contributed by atoms with E-state index in [4.69, 9.17) is 0 Å². The Morgan fingerprint density at radius 1 is 1.00 bits per heavy atom. The molecule has 0 radical (unpaired) electrons. The summed E-state index contributed by atoms with van der Waals surface area (Å²) in [5, 5.41) is 4.39. The average Bonchev–Trinajstić information content (AvgIpc) is 2.74. The molecule has 0 unspecified atom stereocenters. The standard InChI is InChI=1S/C21H25FN4O4S/c22-18-6-4-5-17(15-18)20(27)23-12-11-16-7-9-19(10-8-16)31(29,30)25-21(28)24-26-13-2-1-3-14-26/h4-10,15H,1-3,11-14H2,(H,23,27)(H2,24,25,28). The van der Waals surface area contributed by atoms with E-state index in [-0.39, 0.29) is 16.4 Å². The fraction of sp³-hybridized carbons (Fsp3) is 0.333. The van der Waals surface area contributed by atoms with Crippen LogP contribution < -0.4 is 15.5 Å². The van der Waals surface area contributed by atoms with Crippen molar-refractivity contribution in [1.82, 2.24) is 20.5 Å². The van der Waals surface area contributed by atoms with E-state index >= 15 is 0 Å². The van der Waals surface area contributed by atoms with E-state index in [2.05, 4.69) is 10.7 Å². The van der Waals surface area contributed by atoms with Crippen molar-refractivity contribution in [3.63, 3.8) is 0 Å². The van der Waals surface area contributed by atoms with Crippen molar-refractivity contribution in [2.75, 3.05) is 19.6 Å². The van der Waals surface area contributed by atoms with Crippen LogP contribution in [0.5, 0.6) is 0 Å². The minimum atomic E-state index is -4.00. The summed E-state index contributed by atoms with van der Waals surface area (Å²) in [4.78, 5) is 24.0. The van der Waals surface area contributed by atoms with E-state index in [1.807, 2.05) is 4.72 Å². The second kappa shape index (κ2) is 10.4. The summed E-state index contributed by atoms with van der Waals surface area (Å²) in [6.07, 6.45) is 3.47. The Kier molecular flexibility index (Phi) is 7.59. The van der Waals surface area contributed by atoms with Crippen molar-refractivity contribution in [2.45, 2.75) is 30.6 Å². The van der Waals surface area contributed by atoms with Crippen LogP contribution >= 0.6 is 0 Å². The smallest absolute Gasteiger partial charge is 0.343 e. The highest BCUT2D eigenvalue weighted by molar-refractivity contribution is 7.90. The van der Waals surface area contributed by atoms with E-state index in [9.17, 15) is 22.4 Å². The molecule has 10 heteroatoms. The minimum Gasteiger partial charge on any atom is -0.352 e. The molecule has 1 saturated heterocycles. The van der Waals surface area contributed by atoms with Crippen molar-refractivity contribution >= 4 is 22.0 Å². The van der Waals surface area contributed by atoms with Gasteiger partial charge in [-0.3, -0.25) is 10.2 Å². The molecule has 3 rings (SSSR count). The van der Waals surface area contributed by atoms with Crippen LogP contribution in [-0.2, 0) is 16.4 Å². The maximum Gasteiger partial charge on any atom is 0.343 e. The molecule has 0 saturated carbocycles. The zero-order valence-electron chi connectivity index (χ0n) is 16.9. The number of hydrazine groups is 1. The highest BCUT2D eigenvalue weighted by atomic mass is 32.2. The number of benzene rings is 2. The lowest BCUT2D eigenvalue weighted by Crippen LogP contribution is -2.50. The summed E-state index contributed by atoms with van der Waals surface area (Å²) in [7, 11) is -4.00. The first-order valence-corrected chi connectivity index (χ1v) is 11.5. The first-order chi connectivity index (χ1) is 14.8. The van der Waals surface area contributed by atoms with Crippen LogP contribution in [0.2, 0.25) is 0 Å². The van der Waals surface area contributed by atoms with E-state index in [1.54, 1.807) is 17.1 Å².